The number of aliphatic hydroxyl groups excluding tert-OH is 1. The zero-order valence-corrected chi connectivity index (χ0v) is 19.6. The fourth-order valence-corrected chi connectivity index (χ4v) is 2.92. The summed E-state index contributed by atoms with van der Waals surface area (Å²) in [4.78, 5) is 0. The van der Waals surface area contributed by atoms with Crippen LogP contribution in [0.15, 0.2) is 36.4 Å². The quantitative estimate of drug-likeness (QED) is 0.409. The highest BCUT2D eigenvalue weighted by atomic mass is 35.5. The largest absolute Gasteiger partial charge is 0.493 e. The third-order valence-electron chi connectivity index (χ3n) is 3.87. The van der Waals surface area contributed by atoms with E-state index < -0.39 is 0 Å². The third-order valence-corrected chi connectivity index (χ3v) is 4.46. The normalized spacial score (nSPS) is 11.2. The highest BCUT2D eigenvalue weighted by Crippen LogP contribution is 2.30. The number of methoxy groups -OCH3 is 1. The van der Waals surface area contributed by atoms with Crippen molar-refractivity contribution in [3.63, 3.8) is 0 Å². The highest BCUT2D eigenvalue weighted by molar-refractivity contribution is 6.35. The summed E-state index contributed by atoms with van der Waals surface area (Å²) in [7, 11) is 1.62. The molecule has 0 bridgehead atoms. The summed E-state index contributed by atoms with van der Waals surface area (Å²) >= 11 is 12.1. The molecule has 0 aliphatic rings. The molecule has 3 N–H and O–H groups in total. The maximum absolute atomic E-state index is 9.19. The number of rotatable bonds is 11. The lowest BCUT2D eigenvalue weighted by atomic mass is 10.2. The lowest BCUT2D eigenvalue weighted by Gasteiger charge is -2.13. The minimum absolute atomic E-state index is 0. The van der Waals surface area contributed by atoms with E-state index >= 15 is 0 Å². The second kappa shape index (κ2) is 15.0. The van der Waals surface area contributed by atoms with Crippen molar-refractivity contribution in [3.8, 4) is 11.5 Å². The van der Waals surface area contributed by atoms with Gasteiger partial charge in [-0.25, -0.2) is 0 Å². The predicted molar refractivity (Wildman–Crippen MR) is 125 cm³/mol. The Hall–Kier alpha value is -0.920. The van der Waals surface area contributed by atoms with Gasteiger partial charge in [-0.2, -0.15) is 0 Å². The molecule has 0 aliphatic carbocycles. The first-order valence-corrected chi connectivity index (χ1v) is 9.58. The van der Waals surface area contributed by atoms with E-state index in [0.717, 1.165) is 30.8 Å². The number of ether oxygens (including phenoxy) is 2. The average Bonchev–Trinajstić information content (AvgIpc) is 2.64. The molecule has 2 aromatic carbocycles. The van der Waals surface area contributed by atoms with E-state index in [9.17, 15) is 5.11 Å². The van der Waals surface area contributed by atoms with Gasteiger partial charge in [0.25, 0.3) is 0 Å². The summed E-state index contributed by atoms with van der Waals surface area (Å²) < 4.78 is 11.3. The van der Waals surface area contributed by atoms with Crippen molar-refractivity contribution in [1.82, 2.24) is 10.6 Å². The minimum Gasteiger partial charge on any atom is -0.493 e. The SMILES string of the molecule is COc1cc(CNCCNCC(C)O)ccc1OCc1ccc(Cl)cc1Cl.Cl.Cl. The van der Waals surface area contributed by atoms with Crippen LogP contribution in [0, 0.1) is 0 Å². The maximum Gasteiger partial charge on any atom is 0.161 e. The van der Waals surface area contributed by atoms with E-state index in [2.05, 4.69) is 10.6 Å². The van der Waals surface area contributed by atoms with Gasteiger partial charge in [-0.3, -0.25) is 0 Å². The summed E-state index contributed by atoms with van der Waals surface area (Å²) in [6, 6.07) is 11.2. The van der Waals surface area contributed by atoms with E-state index in [1.54, 1.807) is 26.2 Å². The van der Waals surface area contributed by atoms with Gasteiger partial charge in [0.2, 0.25) is 0 Å². The van der Waals surface area contributed by atoms with Crippen molar-refractivity contribution in [2.45, 2.75) is 26.2 Å². The van der Waals surface area contributed by atoms with Crippen molar-refractivity contribution in [1.29, 1.82) is 0 Å². The Morgan fingerprint density at radius 1 is 1.00 bits per heavy atom. The molecule has 0 amide bonds. The third kappa shape index (κ3) is 10.1. The Bertz CT molecular complexity index is 733. The Morgan fingerprint density at radius 3 is 2.38 bits per heavy atom. The average molecular weight is 486 g/mol. The molecule has 164 valence electrons. The van der Waals surface area contributed by atoms with Crippen LogP contribution in [-0.2, 0) is 13.2 Å². The number of hydrogen-bond donors (Lipinski definition) is 3. The predicted octanol–water partition coefficient (Wildman–Crippen LogP) is 4.48. The van der Waals surface area contributed by atoms with E-state index in [0.29, 0.717) is 34.7 Å². The summed E-state index contributed by atoms with van der Waals surface area (Å²) in [5.41, 5.74) is 1.96. The Morgan fingerprint density at radius 2 is 1.72 bits per heavy atom. The lowest BCUT2D eigenvalue weighted by molar-refractivity contribution is 0.191. The van der Waals surface area contributed by atoms with Gasteiger partial charge in [0.15, 0.2) is 11.5 Å². The van der Waals surface area contributed by atoms with Gasteiger partial charge in [-0.1, -0.05) is 35.3 Å². The van der Waals surface area contributed by atoms with Crippen LogP contribution in [0.1, 0.15) is 18.1 Å². The minimum atomic E-state index is -0.329. The van der Waals surface area contributed by atoms with E-state index in [1.165, 1.54) is 0 Å². The molecule has 0 saturated heterocycles. The Labute approximate surface area is 194 Å². The topological polar surface area (TPSA) is 62.8 Å². The molecule has 0 heterocycles. The number of hydrogen-bond acceptors (Lipinski definition) is 5. The molecule has 29 heavy (non-hydrogen) atoms. The number of halogens is 4. The first-order chi connectivity index (χ1) is 13.0. The second-order valence-corrected chi connectivity index (χ2v) is 7.08. The molecule has 0 fully saturated rings. The molecule has 9 heteroatoms. The zero-order valence-electron chi connectivity index (χ0n) is 16.4. The first-order valence-electron chi connectivity index (χ1n) is 8.82. The van der Waals surface area contributed by atoms with Crippen molar-refractivity contribution in [2.24, 2.45) is 0 Å². The molecule has 0 aromatic heterocycles. The van der Waals surface area contributed by atoms with Crippen molar-refractivity contribution in [2.75, 3.05) is 26.7 Å². The van der Waals surface area contributed by atoms with Crippen LogP contribution in [0.3, 0.4) is 0 Å². The molecule has 0 saturated carbocycles. The van der Waals surface area contributed by atoms with Gasteiger partial charge in [-0.15, -0.1) is 24.8 Å². The van der Waals surface area contributed by atoms with Gasteiger partial charge in [0.1, 0.15) is 6.61 Å². The van der Waals surface area contributed by atoms with Crippen LogP contribution in [0.2, 0.25) is 10.0 Å². The maximum atomic E-state index is 9.19. The van der Waals surface area contributed by atoms with E-state index in [1.807, 2.05) is 24.3 Å². The van der Waals surface area contributed by atoms with Crippen molar-refractivity contribution >= 4 is 48.0 Å². The molecule has 0 aliphatic heterocycles. The van der Waals surface area contributed by atoms with Crippen LogP contribution >= 0.6 is 48.0 Å². The van der Waals surface area contributed by atoms with Crippen molar-refractivity contribution in [3.05, 3.63) is 57.6 Å². The summed E-state index contributed by atoms with van der Waals surface area (Å²) in [6.45, 7) is 5.01. The number of benzene rings is 2. The molecule has 5 nitrogen and oxygen atoms in total. The van der Waals surface area contributed by atoms with Crippen LogP contribution in [0.4, 0.5) is 0 Å². The number of aliphatic hydroxyl groups is 1. The van der Waals surface area contributed by atoms with Crippen LogP contribution < -0.4 is 20.1 Å². The fraction of sp³-hybridized carbons (Fsp3) is 0.400. The monoisotopic (exact) mass is 484 g/mol. The van der Waals surface area contributed by atoms with Crippen LogP contribution in [-0.4, -0.2) is 38.0 Å². The smallest absolute Gasteiger partial charge is 0.161 e. The summed E-state index contributed by atoms with van der Waals surface area (Å²) in [5.74, 6) is 1.33. The molecule has 2 aromatic rings. The number of nitrogens with one attached hydrogen (secondary N) is 2. The summed E-state index contributed by atoms with van der Waals surface area (Å²) in [6.07, 6.45) is -0.329. The van der Waals surface area contributed by atoms with Crippen LogP contribution in [0.25, 0.3) is 0 Å². The van der Waals surface area contributed by atoms with E-state index in [4.69, 9.17) is 32.7 Å². The molecule has 0 radical (unpaired) electrons. The first kappa shape index (κ1) is 28.1. The highest BCUT2D eigenvalue weighted by Gasteiger charge is 2.08. The molecular formula is C20H28Cl4N2O3. The van der Waals surface area contributed by atoms with Crippen LogP contribution in [0.5, 0.6) is 11.5 Å². The standard InChI is InChI=1S/C20H26Cl2N2O3.2ClH/c1-14(25)11-23-7-8-24-12-15-3-6-19(20(9-15)26-2)27-13-16-4-5-17(21)10-18(16)22;;/h3-6,9-10,14,23-25H,7-8,11-13H2,1-2H3;2*1H. The van der Waals surface area contributed by atoms with Gasteiger partial charge in [-0.05, 0) is 36.8 Å². The fourth-order valence-electron chi connectivity index (χ4n) is 2.46. The Balaban J connectivity index is 0.00000392. The van der Waals surface area contributed by atoms with Gasteiger partial charge >= 0.3 is 0 Å². The molecule has 0 spiro atoms. The Kier molecular flexibility index (Phi) is 14.5. The zero-order chi connectivity index (χ0) is 19.6. The summed E-state index contributed by atoms with van der Waals surface area (Å²) in [5, 5.41) is 16.9. The lowest BCUT2D eigenvalue weighted by Crippen LogP contribution is -2.31. The van der Waals surface area contributed by atoms with Gasteiger partial charge < -0.3 is 25.2 Å². The van der Waals surface area contributed by atoms with E-state index in [-0.39, 0.29) is 30.9 Å². The molecular weight excluding hydrogens is 458 g/mol. The van der Waals surface area contributed by atoms with Gasteiger partial charge in [0, 0.05) is 41.8 Å². The second-order valence-electron chi connectivity index (χ2n) is 6.24. The van der Waals surface area contributed by atoms with Crippen molar-refractivity contribution < 1.29 is 14.6 Å². The molecule has 1 unspecified atom stereocenters. The van der Waals surface area contributed by atoms with Gasteiger partial charge in [0.05, 0.1) is 13.2 Å². The molecule has 1 atom stereocenters. The molecule has 2 rings (SSSR count).